The Morgan fingerprint density at radius 3 is 2.68 bits per heavy atom. The van der Waals surface area contributed by atoms with Gasteiger partial charge in [0, 0.05) is 41.7 Å². The van der Waals surface area contributed by atoms with Gasteiger partial charge in [-0.15, -0.1) is 0 Å². The minimum Gasteiger partial charge on any atom is -0.464 e. The summed E-state index contributed by atoms with van der Waals surface area (Å²) < 4.78 is 37.8. The van der Waals surface area contributed by atoms with Crippen molar-refractivity contribution in [3.8, 4) is 11.1 Å². The third kappa shape index (κ3) is 5.03. The molecule has 0 saturated carbocycles. The fourth-order valence-electron chi connectivity index (χ4n) is 6.29. The first-order valence-corrected chi connectivity index (χ1v) is 14.7. The normalized spacial score (nSPS) is 21.8. The van der Waals surface area contributed by atoms with E-state index in [1.165, 1.54) is 4.68 Å². The van der Waals surface area contributed by atoms with Gasteiger partial charge in [-0.25, -0.2) is 18.6 Å². The van der Waals surface area contributed by atoms with Crippen LogP contribution in [0, 0.1) is 6.92 Å². The summed E-state index contributed by atoms with van der Waals surface area (Å²) in [6.45, 7) is 8.42. The Morgan fingerprint density at radius 2 is 1.98 bits per heavy atom. The lowest BCUT2D eigenvalue weighted by Crippen LogP contribution is -2.40. The monoisotopic (exact) mass is 581 g/mol. The second kappa shape index (κ2) is 11.2. The van der Waals surface area contributed by atoms with Crippen LogP contribution in [0.5, 0.6) is 0 Å². The Balaban J connectivity index is 1.35. The van der Waals surface area contributed by atoms with Crippen molar-refractivity contribution < 1.29 is 18.3 Å². The molecule has 2 aromatic carbocycles. The Labute approximate surface area is 243 Å². The smallest absolute Gasteiger partial charge is 0.337 e. The van der Waals surface area contributed by atoms with Gasteiger partial charge in [0.05, 0.1) is 30.2 Å². The van der Waals surface area contributed by atoms with Gasteiger partial charge in [-0.3, -0.25) is 4.68 Å². The van der Waals surface area contributed by atoms with Gasteiger partial charge in [0.25, 0.3) is 0 Å². The van der Waals surface area contributed by atoms with Crippen molar-refractivity contribution in [3.63, 3.8) is 0 Å². The number of nitrogens with zero attached hydrogens (tertiary/aromatic N) is 5. The van der Waals surface area contributed by atoms with Crippen molar-refractivity contribution in [2.24, 2.45) is 0 Å². The SMILES string of the molecule is CCOC(=O)C(c1ncn2c1CC(F)C2)n1cc2c(C)cc(-c3ccc([C@@H]4CCN(CC)C[C@H]4F)cc3)c(Cl)c2n1. The molecule has 2 unspecified atom stereocenters. The van der Waals surface area contributed by atoms with Crippen LogP contribution in [0.15, 0.2) is 42.9 Å². The number of esters is 1. The van der Waals surface area contributed by atoms with Crippen LogP contribution in [-0.4, -0.2) is 68.8 Å². The quantitative estimate of drug-likeness (QED) is 0.248. The maximum Gasteiger partial charge on any atom is 0.337 e. The zero-order valence-electron chi connectivity index (χ0n) is 23.5. The fraction of sp³-hybridized carbons (Fsp3) is 0.452. The van der Waals surface area contributed by atoms with E-state index in [4.69, 9.17) is 21.4 Å². The largest absolute Gasteiger partial charge is 0.464 e. The van der Waals surface area contributed by atoms with Crippen molar-refractivity contribution in [2.45, 2.75) is 64.5 Å². The highest BCUT2D eigenvalue weighted by Crippen LogP contribution is 2.39. The number of likely N-dealkylation sites (tertiary alicyclic amines) is 1. The second-order valence-corrected chi connectivity index (χ2v) is 11.4. The number of hydrogen-bond acceptors (Lipinski definition) is 5. The molecule has 0 spiro atoms. The van der Waals surface area contributed by atoms with E-state index in [2.05, 4.69) is 16.8 Å². The summed E-state index contributed by atoms with van der Waals surface area (Å²) in [7, 11) is 0. The molecular formula is C31H34ClF2N5O2. The first kappa shape index (κ1) is 27.8. The zero-order valence-corrected chi connectivity index (χ0v) is 24.2. The Kier molecular flexibility index (Phi) is 7.59. The molecule has 4 atom stereocenters. The highest BCUT2D eigenvalue weighted by Gasteiger charge is 2.35. The summed E-state index contributed by atoms with van der Waals surface area (Å²) in [5.74, 6) is -0.622. The van der Waals surface area contributed by atoms with Gasteiger partial charge >= 0.3 is 5.97 Å². The van der Waals surface area contributed by atoms with Gasteiger partial charge in [0.15, 0.2) is 6.04 Å². The molecule has 0 radical (unpaired) electrons. The van der Waals surface area contributed by atoms with Crippen molar-refractivity contribution in [1.29, 1.82) is 0 Å². The van der Waals surface area contributed by atoms with Gasteiger partial charge in [-0.1, -0.05) is 42.8 Å². The summed E-state index contributed by atoms with van der Waals surface area (Å²) in [6, 6.07) is 9.01. The molecule has 4 aromatic rings. The molecule has 1 saturated heterocycles. The van der Waals surface area contributed by atoms with Crippen LogP contribution >= 0.6 is 11.6 Å². The molecular weight excluding hydrogens is 548 g/mol. The number of fused-ring (bicyclic) bond motifs is 2. The Morgan fingerprint density at radius 1 is 1.20 bits per heavy atom. The molecule has 6 rings (SSSR count). The molecule has 1 fully saturated rings. The van der Waals surface area contributed by atoms with E-state index in [0.29, 0.717) is 28.5 Å². The number of aromatic nitrogens is 4. The van der Waals surface area contributed by atoms with Gasteiger partial charge in [-0.05, 0) is 56.1 Å². The van der Waals surface area contributed by atoms with E-state index < -0.39 is 24.4 Å². The van der Waals surface area contributed by atoms with E-state index in [1.807, 2.05) is 37.3 Å². The number of carbonyl (C=O) groups is 1. The van der Waals surface area contributed by atoms with E-state index >= 15 is 0 Å². The summed E-state index contributed by atoms with van der Waals surface area (Å²) in [5.41, 5.74) is 5.31. The standard InChI is InChI=1S/C31H34ClF2N5O2/c1-4-37-11-10-22(25(34)16-37)19-6-8-20(9-7-19)23-12-18(3)24-15-39(36-28(24)27(23)32)30(31(40)41-5-2)29-26-13-21(33)14-38(26)17-35-29/h6-9,12,15,17,21-22,25,30H,4-5,10-11,13-14,16H2,1-3H3/t21?,22-,25+,30?/m0/s1. The molecule has 0 bridgehead atoms. The molecule has 2 aliphatic rings. The minimum atomic E-state index is -1.02. The topological polar surface area (TPSA) is 65.2 Å². The highest BCUT2D eigenvalue weighted by atomic mass is 35.5. The molecule has 0 N–H and O–H groups in total. The summed E-state index contributed by atoms with van der Waals surface area (Å²) in [6.07, 6.45) is 2.43. The maximum absolute atomic E-state index is 14.9. The molecule has 2 aromatic heterocycles. The van der Waals surface area contributed by atoms with Crippen LogP contribution < -0.4 is 0 Å². The van der Waals surface area contributed by atoms with E-state index in [0.717, 1.165) is 47.2 Å². The van der Waals surface area contributed by atoms with Gasteiger partial charge in [0.1, 0.15) is 17.9 Å². The number of alkyl halides is 2. The third-order valence-corrected chi connectivity index (χ3v) is 8.89. The number of aryl methyl sites for hydroxylation is 1. The van der Waals surface area contributed by atoms with Crippen LogP contribution in [0.25, 0.3) is 22.0 Å². The van der Waals surface area contributed by atoms with E-state index in [9.17, 15) is 13.6 Å². The number of piperidine rings is 1. The van der Waals surface area contributed by atoms with Gasteiger partial charge < -0.3 is 14.2 Å². The predicted octanol–water partition coefficient (Wildman–Crippen LogP) is 6.06. The summed E-state index contributed by atoms with van der Waals surface area (Å²) in [4.78, 5) is 19.8. The molecule has 41 heavy (non-hydrogen) atoms. The second-order valence-electron chi connectivity index (χ2n) is 11.0. The summed E-state index contributed by atoms with van der Waals surface area (Å²) in [5, 5.41) is 6.02. The van der Waals surface area contributed by atoms with Gasteiger partial charge in [0.2, 0.25) is 0 Å². The first-order chi connectivity index (χ1) is 19.8. The average Bonchev–Trinajstić information content (AvgIpc) is 3.67. The Hall–Kier alpha value is -3.30. The molecule has 216 valence electrons. The lowest BCUT2D eigenvalue weighted by Gasteiger charge is -2.34. The summed E-state index contributed by atoms with van der Waals surface area (Å²) >= 11 is 6.96. The molecule has 0 amide bonds. The first-order valence-electron chi connectivity index (χ1n) is 14.3. The molecule has 7 nitrogen and oxygen atoms in total. The number of imidazole rings is 1. The molecule has 2 aliphatic heterocycles. The van der Waals surface area contributed by atoms with Crippen molar-refractivity contribution in [3.05, 3.63) is 70.4 Å². The number of carbonyl (C=O) groups excluding carboxylic acids is 1. The fourth-order valence-corrected chi connectivity index (χ4v) is 6.60. The number of rotatable bonds is 7. The molecule has 10 heteroatoms. The van der Waals surface area contributed by atoms with Crippen LogP contribution in [0.1, 0.15) is 54.7 Å². The number of benzene rings is 2. The zero-order chi connectivity index (χ0) is 28.8. The van der Waals surface area contributed by atoms with E-state index in [1.54, 1.807) is 24.0 Å². The Bertz CT molecular complexity index is 1580. The number of hydrogen-bond donors (Lipinski definition) is 0. The van der Waals surface area contributed by atoms with Crippen molar-refractivity contribution >= 4 is 28.5 Å². The number of halogens is 3. The lowest BCUT2D eigenvalue weighted by atomic mass is 9.87. The van der Waals surface area contributed by atoms with Crippen LogP contribution in [0.3, 0.4) is 0 Å². The van der Waals surface area contributed by atoms with Crippen LogP contribution in [-0.2, 0) is 22.5 Å². The highest BCUT2D eigenvalue weighted by molar-refractivity contribution is 6.38. The average molecular weight is 582 g/mol. The lowest BCUT2D eigenvalue weighted by molar-refractivity contribution is -0.146. The third-order valence-electron chi connectivity index (χ3n) is 8.51. The van der Waals surface area contributed by atoms with Crippen molar-refractivity contribution in [1.82, 2.24) is 24.2 Å². The molecule has 4 heterocycles. The molecule has 0 aliphatic carbocycles. The minimum absolute atomic E-state index is 0.112. The van der Waals surface area contributed by atoms with Crippen LogP contribution in [0.2, 0.25) is 5.02 Å². The number of ether oxygens (including phenoxy) is 1. The maximum atomic E-state index is 14.9. The predicted molar refractivity (Wildman–Crippen MR) is 155 cm³/mol. The van der Waals surface area contributed by atoms with Crippen LogP contribution in [0.4, 0.5) is 8.78 Å². The van der Waals surface area contributed by atoms with E-state index in [-0.39, 0.29) is 25.5 Å². The van der Waals surface area contributed by atoms with Gasteiger partial charge in [-0.2, -0.15) is 5.10 Å². The van der Waals surface area contributed by atoms with Crippen molar-refractivity contribution in [2.75, 3.05) is 26.2 Å².